The smallest absolute Gasteiger partial charge is 0.255 e. The molecule has 0 radical (unpaired) electrons. The molecule has 1 atom stereocenters. The Morgan fingerprint density at radius 1 is 1.35 bits per heavy atom. The maximum atomic E-state index is 12.7. The molecule has 1 aliphatic heterocycles. The number of aliphatic hydroxyl groups is 1. The van der Waals surface area contributed by atoms with E-state index in [0.717, 1.165) is 24.1 Å². The number of hydrogen-bond acceptors (Lipinski definition) is 6. The molecule has 26 heavy (non-hydrogen) atoms. The van der Waals surface area contributed by atoms with E-state index in [2.05, 4.69) is 15.0 Å². The summed E-state index contributed by atoms with van der Waals surface area (Å²) in [5.41, 5.74) is 1.27. The van der Waals surface area contributed by atoms with Crippen molar-refractivity contribution in [3.05, 3.63) is 24.0 Å². The number of β-amino-alcohol motifs (C(OH)–C–C–N with tert-alkyl or cyclic N) is 1. The number of nitrogens with zero attached hydrogens (tertiary/aromatic N) is 5. The number of ether oxygens (including phenoxy) is 1. The van der Waals surface area contributed by atoms with E-state index in [1.165, 1.54) is 0 Å². The Hall–Kier alpha value is -2.03. The van der Waals surface area contributed by atoms with E-state index in [9.17, 15) is 9.90 Å². The van der Waals surface area contributed by atoms with Gasteiger partial charge in [0.15, 0.2) is 5.65 Å². The van der Waals surface area contributed by atoms with E-state index >= 15 is 0 Å². The summed E-state index contributed by atoms with van der Waals surface area (Å²) in [4.78, 5) is 20.8. The predicted molar refractivity (Wildman–Crippen MR) is 98.1 cm³/mol. The van der Waals surface area contributed by atoms with Gasteiger partial charge in [-0.15, -0.1) is 0 Å². The zero-order valence-electron chi connectivity index (χ0n) is 15.6. The lowest BCUT2D eigenvalue weighted by atomic mass is 10.2. The summed E-state index contributed by atoms with van der Waals surface area (Å²) in [5, 5.41) is 15.5. The molecule has 3 rings (SSSR count). The number of amides is 1. The number of aromatic nitrogens is 3. The Morgan fingerprint density at radius 3 is 2.77 bits per heavy atom. The fourth-order valence-corrected chi connectivity index (χ4v) is 3.19. The maximum Gasteiger partial charge on any atom is 0.255 e. The monoisotopic (exact) mass is 361 g/mol. The van der Waals surface area contributed by atoms with Crippen LogP contribution in [0.15, 0.2) is 18.5 Å². The molecule has 1 amide bonds. The third-order valence-corrected chi connectivity index (χ3v) is 4.57. The zero-order chi connectivity index (χ0) is 18.7. The van der Waals surface area contributed by atoms with Gasteiger partial charge in [-0.1, -0.05) is 0 Å². The Labute approximate surface area is 153 Å². The van der Waals surface area contributed by atoms with Gasteiger partial charge >= 0.3 is 0 Å². The largest absolute Gasteiger partial charge is 0.390 e. The molecule has 1 unspecified atom stereocenters. The summed E-state index contributed by atoms with van der Waals surface area (Å²) in [7, 11) is 1.70. The van der Waals surface area contributed by atoms with Crippen molar-refractivity contribution >= 4 is 16.9 Å². The molecule has 2 aromatic heterocycles. The summed E-state index contributed by atoms with van der Waals surface area (Å²) in [6.07, 6.45) is 2.71. The van der Waals surface area contributed by atoms with Crippen LogP contribution in [0.5, 0.6) is 0 Å². The standard InChI is InChI=1S/C18H27N5O3/c1-13(2)23-17-14(10-20-23)8-15(9-19-17)18(25)21(3)11-16(24)12-22-4-6-26-7-5-22/h8-10,13,16,24H,4-7,11-12H2,1-3H3. The minimum atomic E-state index is -0.595. The highest BCUT2D eigenvalue weighted by atomic mass is 16.5. The maximum absolute atomic E-state index is 12.7. The van der Waals surface area contributed by atoms with E-state index in [1.54, 1.807) is 30.4 Å². The molecule has 0 saturated carbocycles. The molecule has 1 aliphatic rings. The van der Waals surface area contributed by atoms with Gasteiger partial charge in [0.25, 0.3) is 5.91 Å². The summed E-state index contributed by atoms with van der Waals surface area (Å²) < 4.78 is 7.14. The van der Waals surface area contributed by atoms with Crippen molar-refractivity contribution in [3.63, 3.8) is 0 Å². The first kappa shape index (κ1) is 18.8. The fraction of sp³-hybridized carbons (Fsp3) is 0.611. The second kappa shape index (κ2) is 8.11. The lowest BCUT2D eigenvalue weighted by molar-refractivity contribution is 0.00878. The van der Waals surface area contributed by atoms with Crippen molar-refractivity contribution < 1.29 is 14.6 Å². The minimum Gasteiger partial charge on any atom is -0.390 e. The number of carbonyl (C=O) groups excluding carboxylic acids is 1. The molecular weight excluding hydrogens is 334 g/mol. The van der Waals surface area contributed by atoms with Crippen LogP contribution in [0.25, 0.3) is 11.0 Å². The van der Waals surface area contributed by atoms with E-state index < -0.39 is 6.10 Å². The van der Waals surface area contributed by atoms with E-state index in [4.69, 9.17) is 4.74 Å². The first-order valence-corrected chi connectivity index (χ1v) is 9.02. The first-order valence-electron chi connectivity index (χ1n) is 9.02. The summed E-state index contributed by atoms with van der Waals surface area (Å²) in [5.74, 6) is -0.155. The second-order valence-electron chi connectivity index (χ2n) is 7.07. The molecule has 8 nitrogen and oxygen atoms in total. The predicted octanol–water partition coefficient (Wildman–Crippen LogP) is 0.777. The summed E-state index contributed by atoms with van der Waals surface area (Å²) >= 11 is 0. The van der Waals surface area contributed by atoms with Gasteiger partial charge in [0, 0.05) is 50.9 Å². The van der Waals surface area contributed by atoms with Gasteiger partial charge in [-0.25, -0.2) is 9.67 Å². The van der Waals surface area contributed by atoms with Crippen molar-refractivity contribution in [1.82, 2.24) is 24.6 Å². The van der Waals surface area contributed by atoms with E-state index in [0.29, 0.717) is 25.3 Å². The normalized spacial score (nSPS) is 17.0. The van der Waals surface area contributed by atoms with Crippen LogP contribution in [-0.4, -0.2) is 88.1 Å². The van der Waals surface area contributed by atoms with Gasteiger partial charge in [0.1, 0.15) is 0 Å². The summed E-state index contributed by atoms with van der Waals surface area (Å²) in [6, 6.07) is 2.01. The molecular formula is C18H27N5O3. The van der Waals surface area contributed by atoms with Gasteiger partial charge < -0.3 is 14.7 Å². The first-order chi connectivity index (χ1) is 12.5. The third kappa shape index (κ3) is 4.20. The Balaban J connectivity index is 1.63. The fourth-order valence-electron chi connectivity index (χ4n) is 3.19. The number of carbonyl (C=O) groups is 1. The number of pyridine rings is 1. The second-order valence-corrected chi connectivity index (χ2v) is 7.07. The van der Waals surface area contributed by atoms with Gasteiger partial charge in [-0.2, -0.15) is 5.10 Å². The van der Waals surface area contributed by atoms with Crippen molar-refractivity contribution in [2.75, 3.05) is 46.4 Å². The van der Waals surface area contributed by atoms with Crippen LogP contribution < -0.4 is 0 Å². The van der Waals surface area contributed by atoms with E-state index in [1.807, 2.05) is 18.5 Å². The minimum absolute atomic E-state index is 0.155. The van der Waals surface area contributed by atoms with Crippen LogP contribution in [-0.2, 0) is 4.74 Å². The molecule has 1 N–H and O–H groups in total. The molecule has 3 heterocycles. The van der Waals surface area contributed by atoms with Crippen LogP contribution >= 0.6 is 0 Å². The molecule has 8 heteroatoms. The van der Waals surface area contributed by atoms with Crippen LogP contribution in [0.2, 0.25) is 0 Å². The van der Waals surface area contributed by atoms with Crippen molar-refractivity contribution in [2.45, 2.75) is 26.0 Å². The molecule has 2 aromatic rings. The Morgan fingerprint density at radius 2 is 2.08 bits per heavy atom. The lowest BCUT2D eigenvalue weighted by Crippen LogP contribution is -2.45. The van der Waals surface area contributed by atoms with Crippen LogP contribution in [0.4, 0.5) is 0 Å². The quantitative estimate of drug-likeness (QED) is 0.819. The average Bonchev–Trinajstić information content (AvgIpc) is 3.05. The Kier molecular flexibility index (Phi) is 5.85. The highest BCUT2D eigenvalue weighted by Gasteiger charge is 2.20. The van der Waals surface area contributed by atoms with Crippen molar-refractivity contribution in [1.29, 1.82) is 0 Å². The van der Waals surface area contributed by atoms with Crippen LogP contribution in [0.1, 0.15) is 30.2 Å². The van der Waals surface area contributed by atoms with Crippen molar-refractivity contribution in [3.8, 4) is 0 Å². The van der Waals surface area contributed by atoms with Crippen molar-refractivity contribution in [2.24, 2.45) is 0 Å². The molecule has 1 fully saturated rings. The summed E-state index contributed by atoms with van der Waals surface area (Å²) in [6.45, 7) is 7.91. The molecule has 0 bridgehead atoms. The molecule has 142 valence electrons. The van der Waals surface area contributed by atoms with E-state index in [-0.39, 0.29) is 18.5 Å². The number of rotatable bonds is 6. The molecule has 0 aromatic carbocycles. The molecule has 0 aliphatic carbocycles. The van der Waals surface area contributed by atoms with Gasteiger partial charge in [-0.05, 0) is 19.9 Å². The number of aliphatic hydroxyl groups excluding tert-OH is 1. The highest BCUT2D eigenvalue weighted by molar-refractivity contribution is 5.96. The van der Waals surface area contributed by atoms with Gasteiger partial charge in [0.05, 0.1) is 31.1 Å². The number of morpholine rings is 1. The lowest BCUT2D eigenvalue weighted by Gasteiger charge is -2.30. The Bertz CT molecular complexity index is 754. The number of hydrogen-bond donors (Lipinski definition) is 1. The van der Waals surface area contributed by atoms with Crippen LogP contribution in [0.3, 0.4) is 0 Å². The number of likely N-dealkylation sites (N-methyl/N-ethyl adjacent to an activating group) is 1. The topological polar surface area (TPSA) is 83.7 Å². The SMILES string of the molecule is CC(C)n1ncc2cc(C(=O)N(C)CC(O)CN3CCOCC3)cnc21. The highest BCUT2D eigenvalue weighted by Crippen LogP contribution is 2.17. The third-order valence-electron chi connectivity index (χ3n) is 4.57. The van der Waals surface area contributed by atoms with Gasteiger partial charge in [0.2, 0.25) is 0 Å². The number of fused-ring (bicyclic) bond motifs is 1. The molecule has 0 spiro atoms. The zero-order valence-corrected chi connectivity index (χ0v) is 15.6. The average molecular weight is 361 g/mol. The molecule has 1 saturated heterocycles. The van der Waals surface area contributed by atoms with Gasteiger partial charge in [-0.3, -0.25) is 9.69 Å². The van der Waals surface area contributed by atoms with Crippen LogP contribution in [0, 0.1) is 0 Å².